The molecule has 5 rings (SSSR count). The Morgan fingerprint density at radius 3 is 2.57 bits per heavy atom. The molecule has 0 saturated carbocycles. The van der Waals surface area contributed by atoms with Crippen molar-refractivity contribution in [1.29, 1.82) is 5.26 Å². The fourth-order valence-corrected chi connectivity index (χ4v) is 5.24. The minimum absolute atomic E-state index is 0.233. The Morgan fingerprint density at radius 1 is 1.19 bits per heavy atom. The summed E-state index contributed by atoms with van der Waals surface area (Å²) >= 11 is 12.7. The van der Waals surface area contributed by atoms with Crippen LogP contribution in [-0.2, 0) is 0 Å². The molecule has 4 heterocycles. The Hall–Kier alpha value is -3.58. The van der Waals surface area contributed by atoms with Crippen LogP contribution in [-0.4, -0.2) is 45.9 Å². The van der Waals surface area contributed by atoms with Crippen molar-refractivity contribution < 1.29 is 9.47 Å². The maximum absolute atomic E-state index is 9.84. The van der Waals surface area contributed by atoms with Gasteiger partial charge in [0.25, 0.3) is 0 Å². The predicted octanol–water partition coefficient (Wildman–Crippen LogP) is 5.27. The summed E-state index contributed by atoms with van der Waals surface area (Å²) in [5.74, 6) is 1.63. The number of rotatable bonds is 7. The topological polar surface area (TPSA) is 126 Å². The zero-order chi connectivity index (χ0) is 26.3. The van der Waals surface area contributed by atoms with E-state index in [1.165, 1.54) is 12.4 Å². The number of aromatic nitrogens is 4. The highest BCUT2D eigenvalue weighted by Gasteiger charge is 2.39. The Morgan fingerprint density at radius 2 is 1.92 bits per heavy atom. The lowest BCUT2D eigenvalue weighted by atomic mass is 9.88. The SMILES string of the molecule is CCC1(N)CN(c2ncc(-c3n[nH]c4cc(OC)c(O[C@H](C)c5c(Cl)cncc5Cl)cc34)cc2C#N)C1. The van der Waals surface area contributed by atoms with Gasteiger partial charge in [-0.2, -0.15) is 10.4 Å². The number of pyridine rings is 2. The van der Waals surface area contributed by atoms with E-state index in [4.69, 9.17) is 38.4 Å². The summed E-state index contributed by atoms with van der Waals surface area (Å²) in [6, 6.07) is 7.71. The zero-order valence-electron chi connectivity index (χ0n) is 20.5. The first-order chi connectivity index (χ1) is 17.8. The van der Waals surface area contributed by atoms with Crippen molar-refractivity contribution in [3.05, 3.63) is 58.0 Å². The largest absolute Gasteiger partial charge is 0.493 e. The highest BCUT2D eigenvalue weighted by atomic mass is 35.5. The number of methoxy groups -OCH3 is 1. The number of aromatic amines is 1. The van der Waals surface area contributed by atoms with E-state index in [0.29, 0.717) is 62.8 Å². The van der Waals surface area contributed by atoms with Crippen molar-refractivity contribution in [3.8, 4) is 28.8 Å². The molecule has 1 aromatic carbocycles. The Kier molecular flexibility index (Phi) is 6.58. The van der Waals surface area contributed by atoms with Gasteiger partial charge in [-0.15, -0.1) is 0 Å². The standard InChI is InChI=1S/C26H25Cl2N7O2/c1-4-26(30)12-35(13-26)25-15(8-29)5-16(9-32-25)24-17-6-22(21(36-3)7-20(17)33-34-24)37-14(2)23-18(27)10-31-11-19(23)28/h5-7,9-11,14H,4,12-13,30H2,1-3H3,(H,33,34)/t14-/m1/s1. The third-order valence-electron chi connectivity index (χ3n) is 6.72. The Labute approximate surface area is 224 Å². The van der Waals surface area contributed by atoms with Crippen molar-refractivity contribution in [1.82, 2.24) is 20.2 Å². The maximum Gasteiger partial charge on any atom is 0.162 e. The number of nitrogens with one attached hydrogen (secondary N) is 1. The number of anilines is 1. The van der Waals surface area contributed by atoms with Gasteiger partial charge in [0.2, 0.25) is 0 Å². The number of hydrogen-bond donors (Lipinski definition) is 2. The number of benzene rings is 1. The van der Waals surface area contributed by atoms with E-state index in [9.17, 15) is 5.26 Å². The van der Waals surface area contributed by atoms with Gasteiger partial charge in [-0.05, 0) is 25.5 Å². The average molecular weight is 538 g/mol. The number of nitrogens with zero attached hydrogens (tertiary/aromatic N) is 5. The van der Waals surface area contributed by atoms with Crippen LogP contribution in [0.15, 0.2) is 36.8 Å². The number of hydrogen-bond acceptors (Lipinski definition) is 8. The van der Waals surface area contributed by atoms with Crippen LogP contribution < -0.4 is 20.1 Å². The molecule has 1 aliphatic heterocycles. The molecule has 0 amide bonds. The molecule has 4 aromatic rings. The highest BCUT2D eigenvalue weighted by Crippen LogP contribution is 2.40. The van der Waals surface area contributed by atoms with Crippen LogP contribution in [0.5, 0.6) is 11.5 Å². The van der Waals surface area contributed by atoms with Crippen LogP contribution in [0, 0.1) is 11.3 Å². The lowest BCUT2D eigenvalue weighted by molar-refractivity contribution is 0.216. The minimum atomic E-state index is -0.481. The number of ether oxygens (including phenoxy) is 2. The Balaban J connectivity index is 1.50. The summed E-state index contributed by atoms with van der Waals surface area (Å²) in [5.41, 5.74) is 9.25. The van der Waals surface area contributed by atoms with Gasteiger partial charge in [-0.1, -0.05) is 30.1 Å². The fraction of sp³-hybridized carbons (Fsp3) is 0.308. The second-order valence-electron chi connectivity index (χ2n) is 9.18. The molecule has 190 valence electrons. The lowest BCUT2D eigenvalue weighted by Crippen LogP contribution is -2.67. The van der Waals surface area contributed by atoms with Crippen LogP contribution in [0.2, 0.25) is 10.0 Å². The molecule has 0 aliphatic carbocycles. The molecule has 1 fully saturated rings. The van der Waals surface area contributed by atoms with Crippen LogP contribution in [0.3, 0.4) is 0 Å². The van der Waals surface area contributed by atoms with Crippen LogP contribution in [0.4, 0.5) is 5.82 Å². The maximum atomic E-state index is 9.84. The van der Waals surface area contributed by atoms with Gasteiger partial charge >= 0.3 is 0 Å². The number of nitriles is 1. The summed E-state index contributed by atoms with van der Waals surface area (Å²) in [6.07, 6.45) is 5.16. The molecule has 1 atom stereocenters. The summed E-state index contributed by atoms with van der Waals surface area (Å²) in [5, 5.41) is 19.0. The predicted molar refractivity (Wildman–Crippen MR) is 143 cm³/mol. The van der Waals surface area contributed by atoms with Crippen LogP contribution >= 0.6 is 23.2 Å². The summed E-state index contributed by atoms with van der Waals surface area (Å²) in [6.45, 7) is 5.25. The minimum Gasteiger partial charge on any atom is -0.493 e. The van der Waals surface area contributed by atoms with E-state index < -0.39 is 6.10 Å². The molecule has 0 bridgehead atoms. The first kappa shape index (κ1) is 25.1. The van der Waals surface area contributed by atoms with E-state index in [-0.39, 0.29) is 5.54 Å². The fourth-order valence-electron chi connectivity index (χ4n) is 4.56. The van der Waals surface area contributed by atoms with E-state index in [1.807, 2.05) is 24.0 Å². The van der Waals surface area contributed by atoms with Crippen molar-refractivity contribution in [2.75, 3.05) is 25.1 Å². The third kappa shape index (κ3) is 4.53. The number of H-pyrrole nitrogens is 1. The molecule has 9 nitrogen and oxygen atoms in total. The lowest BCUT2D eigenvalue weighted by Gasteiger charge is -2.48. The molecular formula is C26H25Cl2N7O2. The molecule has 3 N–H and O–H groups in total. The van der Waals surface area contributed by atoms with E-state index in [0.717, 1.165) is 17.3 Å². The number of halogens is 2. The van der Waals surface area contributed by atoms with Crippen molar-refractivity contribution >= 4 is 39.9 Å². The summed E-state index contributed by atoms with van der Waals surface area (Å²) < 4.78 is 11.8. The van der Waals surface area contributed by atoms with Gasteiger partial charge < -0.3 is 20.1 Å². The van der Waals surface area contributed by atoms with Gasteiger partial charge in [-0.3, -0.25) is 10.1 Å². The van der Waals surface area contributed by atoms with Gasteiger partial charge in [0, 0.05) is 54.3 Å². The molecule has 0 spiro atoms. The van der Waals surface area contributed by atoms with Gasteiger partial charge in [0.15, 0.2) is 11.5 Å². The van der Waals surface area contributed by atoms with Gasteiger partial charge in [-0.25, -0.2) is 4.98 Å². The second-order valence-corrected chi connectivity index (χ2v) is 9.99. The highest BCUT2D eigenvalue weighted by molar-refractivity contribution is 6.35. The first-order valence-corrected chi connectivity index (χ1v) is 12.5. The van der Waals surface area contributed by atoms with Crippen LogP contribution in [0.1, 0.15) is 37.5 Å². The van der Waals surface area contributed by atoms with Gasteiger partial charge in [0.1, 0.15) is 23.7 Å². The molecule has 1 aliphatic rings. The van der Waals surface area contributed by atoms with Crippen molar-refractivity contribution in [2.24, 2.45) is 5.73 Å². The molecule has 1 saturated heterocycles. The van der Waals surface area contributed by atoms with Crippen LogP contribution in [0.25, 0.3) is 22.2 Å². The smallest absolute Gasteiger partial charge is 0.162 e. The van der Waals surface area contributed by atoms with Crippen molar-refractivity contribution in [2.45, 2.75) is 31.9 Å². The summed E-state index contributed by atoms with van der Waals surface area (Å²) in [7, 11) is 1.56. The normalized spacial score (nSPS) is 15.2. The van der Waals surface area contributed by atoms with E-state index in [2.05, 4.69) is 33.2 Å². The molecule has 0 unspecified atom stereocenters. The molecule has 0 radical (unpaired) electrons. The second kappa shape index (κ2) is 9.71. The zero-order valence-corrected chi connectivity index (χ0v) is 22.1. The first-order valence-electron chi connectivity index (χ1n) is 11.7. The molecule has 11 heteroatoms. The molecular weight excluding hydrogens is 513 g/mol. The van der Waals surface area contributed by atoms with E-state index in [1.54, 1.807) is 19.4 Å². The Bertz CT molecular complexity index is 1510. The third-order valence-corrected chi connectivity index (χ3v) is 7.33. The van der Waals surface area contributed by atoms with E-state index >= 15 is 0 Å². The average Bonchev–Trinajstić information content (AvgIpc) is 3.28. The quantitative estimate of drug-likeness (QED) is 0.326. The number of nitrogens with two attached hydrogens (primary N) is 1. The summed E-state index contributed by atoms with van der Waals surface area (Å²) in [4.78, 5) is 10.6. The number of fused-ring (bicyclic) bond motifs is 1. The molecule has 37 heavy (non-hydrogen) atoms. The monoisotopic (exact) mass is 537 g/mol. The van der Waals surface area contributed by atoms with Crippen molar-refractivity contribution in [3.63, 3.8) is 0 Å². The van der Waals surface area contributed by atoms with Gasteiger partial charge in [0.05, 0.1) is 33.8 Å². The molecule has 3 aromatic heterocycles.